The predicted octanol–water partition coefficient (Wildman–Crippen LogP) is 2.40. The second kappa shape index (κ2) is 4.00. The van der Waals surface area contributed by atoms with Crippen LogP contribution in [-0.4, -0.2) is 13.7 Å². The van der Waals surface area contributed by atoms with Gasteiger partial charge in [-0.25, -0.2) is 0 Å². The highest BCUT2D eigenvalue weighted by atomic mass is 16.5. The maximum absolute atomic E-state index is 5.33. The number of aryl methyl sites for hydroxylation is 1. The molecule has 0 spiro atoms. The number of methoxy groups -OCH3 is 1. The molecule has 0 aliphatic rings. The summed E-state index contributed by atoms with van der Waals surface area (Å²) in [6.45, 7) is 4.67. The zero-order valence-corrected chi connectivity index (χ0v) is 7.76. The Hall–Kier alpha value is -1.18. The van der Waals surface area contributed by atoms with Gasteiger partial charge in [-0.1, -0.05) is 0 Å². The molecule has 1 aromatic carbocycles. The maximum atomic E-state index is 5.33. The first-order valence-corrected chi connectivity index (χ1v) is 4.05. The molecule has 2 heteroatoms. The van der Waals surface area contributed by atoms with Crippen molar-refractivity contribution in [2.24, 2.45) is 0 Å². The topological polar surface area (TPSA) is 18.5 Å². The fourth-order valence-corrected chi connectivity index (χ4v) is 1.11. The van der Waals surface area contributed by atoms with E-state index in [1.165, 1.54) is 0 Å². The van der Waals surface area contributed by atoms with Gasteiger partial charge in [0.25, 0.3) is 0 Å². The summed E-state index contributed by atoms with van der Waals surface area (Å²) in [5.41, 5.74) is 1.10. The van der Waals surface area contributed by atoms with Crippen LogP contribution in [0.4, 0.5) is 0 Å². The number of hydrogen-bond donors (Lipinski definition) is 0. The molecule has 0 aromatic heterocycles. The van der Waals surface area contributed by atoms with Crippen molar-refractivity contribution in [1.82, 2.24) is 0 Å². The number of benzene rings is 1. The largest absolute Gasteiger partial charge is 0.496 e. The van der Waals surface area contributed by atoms with Crippen molar-refractivity contribution in [3.05, 3.63) is 23.8 Å². The molecule has 2 nitrogen and oxygen atoms in total. The fourth-order valence-electron chi connectivity index (χ4n) is 1.11. The molecular weight excluding hydrogens is 152 g/mol. The summed E-state index contributed by atoms with van der Waals surface area (Å²) < 4.78 is 10.5. The second-order valence-electron chi connectivity index (χ2n) is 2.56. The Kier molecular flexibility index (Phi) is 2.97. The third-order valence-corrected chi connectivity index (χ3v) is 1.68. The smallest absolute Gasteiger partial charge is 0.122 e. The average molecular weight is 166 g/mol. The van der Waals surface area contributed by atoms with Crippen molar-refractivity contribution >= 4 is 0 Å². The lowest BCUT2D eigenvalue weighted by Crippen LogP contribution is -1.93. The van der Waals surface area contributed by atoms with Gasteiger partial charge in [0.2, 0.25) is 0 Å². The molecule has 0 heterocycles. The summed E-state index contributed by atoms with van der Waals surface area (Å²) in [7, 11) is 1.67. The van der Waals surface area contributed by atoms with Gasteiger partial charge in [0.05, 0.1) is 13.7 Å². The molecule has 66 valence electrons. The number of hydrogen-bond acceptors (Lipinski definition) is 2. The van der Waals surface area contributed by atoms with Gasteiger partial charge in [-0.2, -0.15) is 0 Å². The van der Waals surface area contributed by atoms with Crippen LogP contribution in [0.1, 0.15) is 12.5 Å². The summed E-state index contributed by atoms with van der Waals surface area (Å²) in [6, 6.07) is 5.80. The third-order valence-electron chi connectivity index (χ3n) is 1.68. The minimum Gasteiger partial charge on any atom is -0.496 e. The molecule has 1 aromatic rings. The molecule has 0 N–H and O–H groups in total. The number of rotatable bonds is 3. The summed E-state index contributed by atoms with van der Waals surface area (Å²) in [5, 5.41) is 0. The molecule has 0 unspecified atom stereocenters. The standard InChI is InChI=1S/C10H14O2/c1-4-12-9-5-6-10(11-3)8(2)7-9/h5-7H,4H2,1-3H3. The van der Waals surface area contributed by atoms with E-state index in [-0.39, 0.29) is 0 Å². The lowest BCUT2D eigenvalue weighted by molar-refractivity contribution is 0.338. The van der Waals surface area contributed by atoms with Crippen LogP contribution in [0, 0.1) is 6.92 Å². The fraction of sp³-hybridized carbons (Fsp3) is 0.400. The van der Waals surface area contributed by atoms with Crippen molar-refractivity contribution in [2.45, 2.75) is 13.8 Å². The van der Waals surface area contributed by atoms with Gasteiger partial charge in [0.15, 0.2) is 0 Å². The molecular formula is C10H14O2. The van der Waals surface area contributed by atoms with Crippen LogP contribution in [0.2, 0.25) is 0 Å². The van der Waals surface area contributed by atoms with Crippen LogP contribution in [0.25, 0.3) is 0 Å². The van der Waals surface area contributed by atoms with E-state index in [9.17, 15) is 0 Å². The van der Waals surface area contributed by atoms with Crippen molar-refractivity contribution in [3.8, 4) is 11.5 Å². The first-order chi connectivity index (χ1) is 5.77. The minimum absolute atomic E-state index is 0.700. The molecule has 0 fully saturated rings. The summed E-state index contributed by atoms with van der Waals surface area (Å²) in [4.78, 5) is 0. The van der Waals surface area contributed by atoms with Gasteiger partial charge in [0, 0.05) is 0 Å². The highest BCUT2D eigenvalue weighted by molar-refractivity contribution is 5.39. The SMILES string of the molecule is CCOc1ccc(OC)c(C)c1. The van der Waals surface area contributed by atoms with Crippen molar-refractivity contribution in [1.29, 1.82) is 0 Å². The number of ether oxygens (including phenoxy) is 2. The van der Waals surface area contributed by atoms with Gasteiger partial charge in [-0.15, -0.1) is 0 Å². The normalized spacial score (nSPS) is 9.58. The lowest BCUT2D eigenvalue weighted by atomic mass is 10.2. The van der Waals surface area contributed by atoms with Crippen LogP contribution in [0.3, 0.4) is 0 Å². The minimum atomic E-state index is 0.700. The van der Waals surface area contributed by atoms with Crippen molar-refractivity contribution in [3.63, 3.8) is 0 Å². The molecule has 0 aliphatic carbocycles. The van der Waals surface area contributed by atoms with Crippen molar-refractivity contribution in [2.75, 3.05) is 13.7 Å². The molecule has 0 radical (unpaired) electrons. The van der Waals surface area contributed by atoms with Crippen LogP contribution >= 0.6 is 0 Å². The van der Waals surface area contributed by atoms with Crippen LogP contribution in [0.15, 0.2) is 18.2 Å². The van der Waals surface area contributed by atoms with E-state index in [4.69, 9.17) is 9.47 Å². The second-order valence-corrected chi connectivity index (χ2v) is 2.56. The maximum Gasteiger partial charge on any atom is 0.122 e. The monoisotopic (exact) mass is 166 g/mol. The summed E-state index contributed by atoms with van der Waals surface area (Å²) >= 11 is 0. The van der Waals surface area contributed by atoms with Gasteiger partial charge in [0.1, 0.15) is 11.5 Å². The van der Waals surface area contributed by atoms with E-state index in [2.05, 4.69) is 0 Å². The van der Waals surface area contributed by atoms with E-state index < -0.39 is 0 Å². The molecule has 12 heavy (non-hydrogen) atoms. The first kappa shape index (κ1) is 8.91. The Morgan fingerprint density at radius 1 is 1.33 bits per heavy atom. The Labute approximate surface area is 73.1 Å². The van der Waals surface area contributed by atoms with E-state index >= 15 is 0 Å². The summed E-state index contributed by atoms with van der Waals surface area (Å²) in [5.74, 6) is 1.80. The Balaban J connectivity index is 2.86. The zero-order valence-electron chi connectivity index (χ0n) is 7.76. The van der Waals surface area contributed by atoms with Crippen LogP contribution < -0.4 is 9.47 Å². The van der Waals surface area contributed by atoms with Gasteiger partial charge in [-0.3, -0.25) is 0 Å². The lowest BCUT2D eigenvalue weighted by Gasteiger charge is -2.07. The van der Waals surface area contributed by atoms with E-state index in [1.54, 1.807) is 7.11 Å². The Bertz CT molecular complexity index is 256. The zero-order chi connectivity index (χ0) is 8.97. The highest BCUT2D eigenvalue weighted by Crippen LogP contribution is 2.22. The predicted molar refractivity (Wildman–Crippen MR) is 48.9 cm³/mol. The molecule has 1 rings (SSSR count). The Morgan fingerprint density at radius 3 is 2.58 bits per heavy atom. The van der Waals surface area contributed by atoms with Crippen molar-refractivity contribution < 1.29 is 9.47 Å². The molecule has 0 bridgehead atoms. The highest BCUT2D eigenvalue weighted by Gasteiger charge is 1.98. The van der Waals surface area contributed by atoms with Crippen LogP contribution in [-0.2, 0) is 0 Å². The molecule has 0 atom stereocenters. The van der Waals surface area contributed by atoms with E-state index in [0.717, 1.165) is 17.1 Å². The van der Waals surface area contributed by atoms with E-state index in [0.29, 0.717) is 6.61 Å². The molecule has 0 aliphatic heterocycles. The third kappa shape index (κ3) is 1.91. The quantitative estimate of drug-likeness (QED) is 0.686. The van der Waals surface area contributed by atoms with Gasteiger partial charge < -0.3 is 9.47 Å². The Morgan fingerprint density at radius 2 is 2.08 bits per heavy atom. The first-order valence-electron chi connectivity index (χ1n) is 4.05. The van der Waals surface area contributed by atoms with Gasteiger partial charge >= 0.3 is 0 Å². The van der Waals surface area contributed by atoms with E-state index in [1.807, 2.05) is 32.0 Å². The van der Waals surface area contributed by atoms with Gasteiger partial charge in [-0.05, 0) is 37.6 Å². The van der Waals surface area contributed by atoms with Crippen LogP contribution in [0.5, 0.6) is 11.5 Å². The molecule has 0 amide bonds. The average Bonchev–Trinajstić information content (AvgIpc) is 2.05. The molecule has 0 saturated heterocycles. The molecule has 0 saturated carbocycles. The summed E-state index contributed by atoms with van der Waals surface area (Å²) in [6.07, 6.45) is 0.